The van der Waals surface area contributed by atoms with Crippen LogP contribution in [0.4, 0.5) is 0 Å². The van der Waals surface area contributed by atoms with Gasteiger partial charge in [-0.25, -0.2) is 0 Å². The van der Waals surface area contributed by atoms with Crippen LogP contribution in [0, 0.1) is 0 Å². The van der Waals surface area contributed by atoms with Crippen molar-refractivity contribution in [3.8, 4) is 11.5 Å². The first kappa shape index (κ1) is 15.6. The summed E-state index contributed by atoms with van der Waals surface area (Å²) in [6.45, 7) is 5.35. The van der Waals surface area contributed by atoms with Gasteiger partial charge in [-0.1, -0.05) is 6.08 Å². The van der Waals surface area contributed by atoms with E-state index in [9.17, 15) is 0 Å². The smallest absolute Gasteiger partial charge is 0.169 e. The highest BCUT2D eigenvalue weighted by Gasteiger charge is 2.30. The van der Waals surface area contributed by atoms with E-state index in [1.165, 1.54) is 0 Å². The van der Waals surface area contributed by atoms with E-state index >= 15 is 0 Å². The number of ether oxygens (including phenoxy) is 2. The number of likely N-dealkylation sites (tertiary alicyclic amines) is 1. The molecule has 1 atom stereocenters. The maximum Gasteiger partial charge on any atom is 0.169 e. The van der Waals surface area contributed by atoms with E-state index in [-0.39, 0.29) is 6.04 Å². The maximum absolute atomic E-state index is 5.52. The maximum atomic E-state index is 5.52. The third-order valence-electron chi connectivity index (χ3n) is 3.71. The van der Waals surface area contributed by atoms with Crippen molar-refractivity contribution < 1.29 is 9.47 Å². The first-order chi connectivity index (χ1) is 10.2. The third kappa shape index (κ3) is 3.47. The van der Waals surface area contributed by atoms with Crippen LogP contribution < -0.4 is 14.8 Å². The molecular formula is C16H22N2O2S. The molecular weight excluding hydrogens is 284 g/mol. The zero-order chi connectivity index (χ0) is 15.2. The van der Waals surface area contributed by atoms with Crippen LogP contribution in [-0.2, 0) is 0 Å². The molecule has 0 aromatic heterocycles. The molecule has 0 bridgehead atoms. The van der Waals surface area contributed by atoms with Gasteiger partial charge in [0, 0.05) is 24.7 Å². The van der Waals surface area contributed by atoms with Gasteiger partial charge in [-0.2, -0.15) is 0 Å². The molecule has 1 aliphatic heterocycles. The zero-order valence-electron chi connectivity index (χ0n) is 12.6. The van der Waals surface area contributed by atoms with Crippen molar-refractivity contribution >= 4 is 17.3 Å². The van der Waals surface area contributed by atoms with Crippen LogP contribution in [0.25, 0.3) is 0 Å². The van der Waals surface area contributed by atoms with Crippen LogP contribution in [0.3, 0.4) is 0 Å². The topological polar surface area (TPSA) is 33.7 Å². The van der Waals surface area contributed by atoms with Crippen molar-refractivity contribution in [1.29, 1.82) is 0 Å². The number of rotatable bonds is 5. The summed E-state index contributed by atoms with van der Waals surface area (Å²) < 4.78 is 10.8. The van der Waals surface area contributed by atoms with Crippen LogP contribution in [0.5, 0.6) is 11.5 Å². The highest BCUT2D eigenvalue weighted by Crippen LogP contribution is 2.38. The predicted octanol–water partition coefficient (Wildman–Crippen LogP) is 2.90. The lowest BCUT2D eigenvalue weighted by Crippen LogP contribution is -2.39. The number of nitrogens with zero attached hydrogens (tertiary/aromatic N) is 1. The van der Waals surface area contributed by atoms with Crippen LogP contribution in [0.15, 0.2) is 30.9 Å². The molecule has 114 valence electrons. The Hall–Kier alpha value is -1.75. The van der Waals surface area contributed by atoms with Gasteiger partial charge >= 0.3 is 0 Å². The molecule has 0 aliphatic carbocycles. The minimum absolute atomic E-state index is 0.246. The van der Waals surface area contributed by atoms with E-state index in [0.717, 1.165) is 41.6 Å². The van der Waals surface area contributed by atoms with Gasteiger partial charge in [0.15, 0.2) is 5.11 Å². The number of benzene rings is 1. The molecule has 1 aromatic carbocycles. The molecule has 1 aromatic rings. The lowest BCUT2D eigenvalue weighted by molar-refractivity contribution is 0.357. The molecule has 0 spiro atoms. The Morgan fingerprint density at radius 2 is 2.29 bits per heavy atom. The van der Waals surface area contributed by atoms with E-state index in [1.807, 2.05) is 18.2 Å². The molecule has 1 fully saturated rings. The van der Waals surface area contributed by atoms with Gasteiger partial charge in [0.2, 0.25) is 0 Å². The molecule has 4 nitrogen and oxygen atoms in total. The molecule has 1 aliphatic rings. The second-order valence-electron chi connectivity index (χ2n) is 4.93. The summed E-state index contributed by atoms with van der Waals surface area (Å²) >= 11 is 5.49. The van der Waals surface area contributed by atoms with E-state index in [4.69, 9.17) is 21.7 Å². The van der Waals surface area contributed by atoms with E-state index in [2.05, 4.69) is 22.9 Å². The Bertz CT molecular complexity index is 519. The van der Waals surface area contributed by atoms with E-state index in [1.54, 1.807) is 14.2 Å². The Morgan fingerprint density at radius 3 is 2.95 bits per heavy atom. The lowest BCUT2D eigenvalue weighted by atomic mass is 10.0. The molecule has 2 rings (SSSR count). The fourth-order valence-corrected chi connectivity index (χ4v) is 2.99. The molecule has 0 unspecified atom stereocenters. The Morgan fingerprint density at radius 1 is 1.48 bits per heavy atom. The van der Waals surface area contributed by atoms with Crippen LogP contribution in [0.2, 0.25) is 0 Å². The van der Waals surface area contributed by atoms with Gasteiger partial charge in [-0.3, -0.25) is 0 Å². The Kier molecular flexibility index (Phi) is 5.44. The number of hydrogen-bond donors (Lipinski definition) is 1. The summed E-state index contributed by atoms with van der Waals surface area (Å²) in [6, 6.07) is 6.20. The standard InChI is InChI=1S/C16H22N2O2S/c1-4-9-17-16(21)18-10-5-6-14(18)13-8-7-12(19-2)11-15(13)20-3/h4,7-8,11,14H,1,5-6,9-10H2,2-3H3,(H,17,21)/t14-/m0/s1. The molecule has 1 heterocycles. The van der Waals surface area contributed by atoms with E-state index < -0.39 is 0 Å². The molecule has 0 amide bonds. The van der Waals surface area contributed by atoms with Crippen molar-refractivity contribution in [2.24, 2.45) is 0 Å². The molecule has 1 saturated heterocycles. The summed E-state index contributed by atoms with van der Waals surface area (Å²) in [4.78, 5) is 2.23. The number of nitrogens with one attached hydrogen (secondary N) is 1. The fraction of sp³-hybridized carbons (Fsp3) is 0.438. The van der Waals surface area contributed by atoms with Crippen molar-refractivity contribution in [3.05, 3.63) is 36.4 Å². The molecule has 1 N–H and O–H groups in total. The molecule has 21 heavy (non-hydrogen) atoms. The average molecular weight is 306 g/mol. The first-order valence-electron chi connectivity index (χ1n) is 7.08. The largest absolute Gasteiger partial charge is 0.497 e. The zero-order valence-corrected chi connectivity index (χ0v) is 13.4. The highest BCUT2D eigenvalue weighted by atomic mass is 32.1. The minimum atomic E-state index is 0.246. The SMILES string of the molecule is C=CCNC(=S)N1CCC[C@H]1c1ccc(OC)cc1OC. The Balaban J connectivity index is 2.23. The number of methoxy groups -OCH3 is 2. The van der Waals surface area contributed by atoms with Gasteiger partial charge in [0.25, 0.3) is 0 Å². The van der Waals surface area contributed by atoms with Crippen molar-refractivity contribution in [2.45, 2.75) is 18.9 Å². The number of thiocarbonyl (C=S) groups is 1. The van der Waals surface area contributed by atoms with Gasteiger partial charge in [0.05, 0.1) is 20.3 Å². The fourth-order valence-electron chi connectivity index (χ4n) is 2.69. The first-order valence-corrected chi connectivity index (χ1v) is 7.49. The number of hydrogen-bond acceptors (Lipinski definition) is 3. The monoisotopic (exact) mass is 306 g/mol. The summed E-state index contributed by atoms with van der Waals surface area (Å²) in [7, 11) is 3.34. The van der Waals surface area contributed by atoms with E-state index in [0.29, 0.717) is 6.54 Å². The predicted molar refractivity (Wildman–Crippen MR) is 89.0 cm³/mol. The second kappa shape index (κ2) is 7.31. The van der Waals surface area contributed by atoms with Crippen molar-refractivity contribution in [3.63, 3.8) is 0 Å². The summed E-state index contributed by atoms with van der Waals surface area (Å²) in [5.74, 6) is 1.64. The minimum Gasteiger partial charge on any atom is -0.497 e. The van der Waals surface area contributed by atoms with Crippen molar-refractivity contribution in [1.82, 2.24) is 10.2 Å². The third-order valence-corrected chi connectivity index (χ3v) is 4.09. The Labute approximate surface area is 131 Å². The van der Waals surface area contributed by atoms with Gasteiger partial charge < -0.3 is 19.7 Å². The molecule has 0 radical (unpaired) electrons. The highest BCUT2D eigenvalue weighted by molar-refractivity contribution is 7.80. The normalized spacial score (nSPS) is 17.4. The average Bonchev–Trinajstić information content (AvgIpc) is 3.01. The summed E-state index contributed by atoms with van der Waals surface area (Å²) in [5.41, 5.74) is 1.15. The van der Waals surface area contributed by atoms with Gasteiger partial charge in [-0.05, 0) is 37.2 Å². The van der Waals surface area contributed by atoms with Crippen LogP contribution >= 0.6 is 12.2 Å². The summed E-state index contributed by atoms with van der Waals surface area (Å²) in [6.07, 6.45) is 4.00. The van der Waals surface area contributed by atoms with Crippen molar-refractivity contribution in [2.75, 3.05) is 27.3 Å². The lowest BCUT2D eigenvalue weighted by Gasteiger charge is -2.28. The summed E-state index contributed by atoms with van der Waals surface area (Å²) in [5, 5.41) is 3.98. The van der Waals surface area contributed by atoms with Crippen LogP contribution in [0.1, 0.15) is 24.4 Å². The quantitative estimate of drug-likeness (QED) is 0.668. The van der Waals surface area contributed by atoms with Gasteiger partial charge in [-0.15, -0.1) is 6.58 Å². The molecule has 0 saturated carbocycles. The second-order valence-corrected chi connectivity index (χ2v) is 5.32. The van der Waals surface area contributed by atoms with Gasteiger partial charge in [0.1, 0.15) is 11.5 Å². The molecule has 5 heteroatoms. The van der Waals surface area contributed by atoms with Crippen LogP contribution in [-0.4, -0.2) is 37.3 Å².